The summed E-state index contributed by atoms with van der Waals surface area (Å²) in [7, 11) is 4.23. The standard InChI is InChI=1S/C9H21N3/c1-5-9(10-3)7-11(4)12(6-2)8-9/h10H,5-8H2,1-4H3. The van der Waals surface area contributed by atoms with Crippen LogP contribution in [-0.4, -0.2) is 49.3 Å². The van der Waals surface area contributed by atoms with Crippen LogP contribution < -0.4 is 5.32 Å². The van der Waals surface area contributed by atoms with Crippen LogP contribution in [0.1, 0.15) is 20.3 Å². The zero-order valence-electron chi connectivity index (χ0n) is 8.72. The molecule has 1 atom stereocenters. The lowest BCUT2D eigenvalue weighted by Crippen LogP contribution is -2.47. The first kappa shape index (κ1) is 9.96. The Morgan fingerprint density at radius 2 is 2.00 bits per heavy atom. The van der Waals surface area contributed by atoms with Gasteiger partial charge in [0.05, 0.1) is 0 Å². The van der Waals surface area contributed by atoms with Crippen molar-refractivity contribution in [2.24, 2.45) is 0 Å². The smallest absolute Gasteiger partial charge is 0.0460 e. The van der Waals surface area contributed by atoms with E-state index < -0.39 is 0 Å². The average molecular weight is 171 g/mol. The fourth-order valence-corrected chi connectivity index (χ4v) is 1.97. The molecule has 0 aromatic heterocycles. The monoisotopic (exact) mass is 171 g/mol. The largest absolute Gasteiger partial charge is 0.312 e. The van der Waals surface area contributed by atoms with Gasteiger partial charge in [0.1, 0.15) is 0 Å². The molecule has 72 valence electrons. The van der Waals surface area contributed by atoms with E-state index in [0.29, 0.717) is 5.54 Å². The molecule has 1 rings (SSSR count). The van der Waals surface area contributed by atoms with Crippen LogP contribution in [0.5, 0.6) is 0 Å². The number of hydrazine groups is 1. The summed E-state index contributed by atoms with van der Waals surface area (Å²) in [6.07, 6.45) is 1.20. The van der Waals surface area contributed by atoms with E-state index in [2.05, 4.69) is 43.3 Å². The van der Waals surface area contributed by atoms with Gasteiger partial charge in [-0.1, -0.05) is 13.8 Å². The van der Waals surface area contributed by atoms with Crippen molar-refractivity contribution in [3.63, 3.8) is 0 Å². The molecule has 0 amide bonds. The highest BCUT2D eigenvalue weighted by Crippen LogP contribution is 2.21. The van der Waals surface area contributed by atoms with Gasteiger partial charge in [0.2, 0.25) is 0 Å². The molecule has 0 saturated carbocycles. The highest BCUT2D eigenvalue weighted by atomic mass is 15.6. The molecule has 1 aliphatic heterocycles. The Bertz CT molecular complexity index is 143. The van der Waals surface area contributed by atoms with Gasteiger partial charge in [-0.05, 0) is 13.5 Å². The van der Waals surface area contributed by atoms with Crippen LogP contribution in [0, 0.1) is 0 Å². The molecule has 1 heterocycles. The lowest BCUT2D eigenvalue weighted by molar-refractivity contribution is 0.0628. The summed E-state index contributed by atoms with van der Waals surface area (Å²) in [6.45, 7) is 7.85. The van der Waals surface area contributed by atoms with Gasteiger partial charge in [-0.2, -0.15) is 0 Å². The number of nitrogens with zero attached hydrogens (tertiary/aromatic N) is 2. The zero-order chi connectivity index (χ0) is 9.19. The third-order valence-corrected chi connectivity index (χ3v) is 3.07. The van der Waals surface area contributed by atoms with Crippen LogP contribution in [0.15, 0.2) is 0 Å². The average Bonchev–Trinajstić information content (AvgIpc) is 2.43. The van der Waals surface area contributed by atoms with Gasteiger partial charge in [-0.15, -0.1) is 0 Å². The van der Waals surface area contributed by atoms with Gasteiger partial charge in [-0.25, -0.2) is 10.0 Å². The van der Waals surface area contributed by atoms with Crippen molar-refractivity contribution < 1.29 is 0 Å². The van der Waals surface area contributed by atoms with Crippen LogP contribution in [-0.2, 0) is 0 Å². The first-order valence-corrected chi connectivity index (χ1v) is 4.82. The fraction of sp³-hybridized carbons (Fsp3) is 1.00. The highest BCUT2D eigenvalue weighted by Gasteiger charge is 2.37. The van der Waals surface area contributed by atoms with E-state index in [-0.39, 0.29) is 0 Å². The van der Waals surface area contributed by atoms with E-state index in [0.717, 1.165) is 19.6 Å². The van der Waals surface area contributed by atoms with Gasteiger partial charge >= 0.3 is 0 Å². The molecule has 0 spiro atoms. The molecular formula is C9H21N3. The number of likely N-dealkylation sites (N-methyl/N-ethyl adjacent to an activating group) is 3. The zero-order valence-corrected chi connectivity index (χ0v) is 8.72. The molecule has 1 fully saturated rings. The molecule has 0 aliphatic carbocycles. The minimum Gasteiger partial charge on any atom is -0.312 e. The summed E-state index contributed by atoms with van der Waals surface area (Å²) in [5, 5.41) is 8.15. The van der Waals surface area contributed by atoms with E-state index in [9.17, 15) is 0 Å². The third-order valence-electron chi connectivity index (χ3n) is 3.07. The van der Waals surface area contributed by atoms with Crippen LogP contribution in [0.3, 0.4) is 0 Å². The summed E-state index contributed by atoms with van der Waals surface area (Å²) >= 11 is 0. The first-order chi connectivity index (χ1) is 5.67. The predicted molar refractivity (Wildman–Crippen MR) is 52.0 cm³/mol. The van der Waals surface area contributed by atoms with Crippen LogP contribution in [0.2, 0.25) is 0 Å². The molecule has 0 radical (unpaired) electrons. The summed E-state index contributed by atoms with van der Waals surface area (Å²) in [5.74, 6) is 0. The fourth-order valence-electron chi connectivity index (χ4n) is 1.97. The second kappa shape index (κ2) is 3.73. The molecule has 0 bridgehead atoms. The van der Waals surface area contributed by atoms with E-state index >= 15 is 0 Å². The summed E-state index contributed by atoms with van der Waals surface area (Å²) in [4.78, 5) is 0. The SMILES string of the molecule is CCN1CC(CC)(NC)CN1C. The molecular weight excluding hydrogens is 150 g/mol. The van der Waals surface area contributed by atoms with Crippen molar-refractivity contribution in [3.8, 4) is 0 Å². The Balaban J connectivity index is 2.61. The van der Waals surface area contributed by atoms with Gasteiger partial charge in [0, 0.05) is 32.2 Å². The molecule has 1 aliphatic rings. The van der Waals surface area contributed by atoms with Gasteiger partial charge in [0.15, 0.2) is 0 Å². The van der Waals surface area contributed by atoms with Crippen molar-refractivity contribution in [2.75, 3.05) is 33.7 Å². The Morgan fingerprint density at radius 1 is 1.33 bits per heavy atom. The Morgan fingerprint density at radius 3 is 2.25 bits per heavy atom. The van der Waals surface area contributed by atoms with Crippen molar-refractivity contribution >= 4 is 0 Å². The van der Waals surface area contributed by atoms with Gasteiger partial charge in [-0.3, -0.25) is 0 Å². The molecule has 0 aromatic carbocycles. The topological polar surface area (TPSA) is 18.5 Å². The minimum atomic E-state index is 0.324. The second-order valence-electron chi connectivity index (χ2n) is 3.68. The quantitative estimate of drug-likeness (QED) is 0.668. The van der Waals surface area contributed by atoms with Crippen molar-refractivity contribution in [2.45, 2.75) is 25.8 Å². The number of rotatable bonds is 3. The maximum absolute atomic E-state index is 3.44. The van der Waals surface area contributed by atoms with Crippen molar-refractivity contribution in [3.05, 3.63) is 0 Å². The molecule has 3 heteroatoms. The first-order valence-electron chi connectivity index (χ1n) is 4.82. The third kappa shape index (κ3) is 1.63. The molecule has 1 N–H and O–H groups in total. The van der Waals surface area contributed by atoms with Crippen LogP contribution in [0.4, 0.5) is 0 Å². The normalized spacial score (nSPS) is 33.0. The number of hydrogen-bond acceptors (Lipinski definition) is 3. The summed E-state index contributed by atoms with van der Waals surface area (Å²) in [6, 6.07) is 0. The Kier molecular flexibility index (Phi) is 3.09. The molecule has 0 aromatic rings. The minimum absolute atomic E-state index is 0.324. The lowest BCUT2D eigenvalue weighted by atomic mass is 9.98. The van der Waals surface area contributed by atoms with Crippen molar-refractivity contribution in [1.82, 2.24) is 15.3 Å². The number of nitrogens with one attached hydrogen (secondary N) is 1. The van der Waals surface area contributed by atoms with E-state index in [1.54, 1.807) is 0 Å². The number of hydrogen-bond donors (Lipinski definition) is 1. The van der Waals surface area contributed by atoms with Crippen molar-refractivity contribution in [1.29, 1.82) is 0 Å². The Labute approximate surface area is 75.7 Å². The second-order valence-corrected chi connectivity index (χ2v) is 3.68. The Hall–Kier alpha value is -0.120. The summed E-state index contributed by atoms with van der Waals surface area (Å²) in [5.41, 5.74) is 0.324. The highest BCUT2D eigenvalue weighted by molar-refractivity contribution is 4.95. The van der Waals surface area contributed by atoms with E-state index in [1.807, 2.05) is 0 Å². The maximum Gasteiger partial charge on any atom is 0.0460 e. The predicted octanol–water partition coefficient (Wildman–Crippen LogP) is 0.537. The van der Waals surface area contributed by atoms with Crippen LogP contribution >= 0.6 is 0 Å². The van der Waals surface area contributed by atoms with E-state index in [1.165, 1.54) is 6.42 Å². The van der Waals surface area contributed by atoms with Gasteiger partial charge in [0.25, 0.3) is 0 Å². The molecule has 1 unspecified atom stereocenters. The lowest BCUT2D eigenvalue weighted by Gasteiger charge is -2.25. The molecule has 12 heavy (non-hydrogen) atoms. The molecule has 3 nitrogen and oxygen atoms in total. The maximum atomic E-state index is 3.44. The molecule has 1 saturated heterocycles. The van der Waals surface area contributed by atoms with E-state index in [4.69, 9.17) is 0 Å². The van der Waals surface area contributed by atoms with Gasteiger partial charge < -0.3 is 5.32 Å². The van der Waals surface area contributed by atoms with Crippen LogP contribution in [0.25, 0.3) is 0 Å². The summed E-state index contributed by atoms with van der Waals surface area (Å²) < 4.78 is 0.